The molecule has 2 N–H and O–H groups in total. The lowest BCUT2D eigenvalue weighted by molar-refractivity contribution is 0.0920. The fourth-order valence-electron chi connectivity index (χ4n) is 2.07. The Labute approximate surface area is 126 Å². The predicted molar refractivity (Wildman–Crippen MR) is 81.9 cm³/mol. The van der Waals surface area contributed by atoms with Gasteiger partial charge in [-0.2, -0.15) is 0 Å². The summed E-state index contributed by atoms with van der Waals surface area (Å²) in [5.41, 5.74) is 1.73. The van der Waals surface area contributed by atoms with Crippen LogP contribution in [0.5, 0.6) is 0 Å². The maximum absolute atomic E-state index is 12.0. The summed E-state index contributed by atoms with van der Waals surface area (Å²) < 4.78 is 6.59. The number of fused-ring (bicyclic) bond motifs is 1. The molecule has 0 radical (unpaired) electrons. The Kier molecular flexibility index (Phi) is 4.83. The standard InChI is InChI=1S/C15H18BrNO3/c1-9(3-4-18)8-17-15(19)13-7-11-6-12(16)5-10(2)14(11)20-13/h5-7,9,18H,3-4,8H2,1-2H3,(H,17,19)/t9-/m1/s1. The first-order chi connectivity index (χ1) is 9.51. The second-order valence-corrected chi connectivity index (χ2v) is 5.99. The zero-order chi connectivity index (χ0) is 14.7. The van der Waals surface area contributed by atoms with E-state index in [0.29, 0.717) is 18.7 Å². The van der Waals surface area contributed by atoms with Crippen molar-refractivity contribution in [2.24, 2.45) is 5.92 Å². The summed E-state index contributed by atoms with van der Waals surface area (Å²) in [6, 6.07) is 5.63. The van der Waals surface area contributed by atoms with Crippen LogP contribution in [0.2, 0.25) is 0 Å². The van der Waals surface area contributed by atoms with Gasteiger partial charge in [-0.3, -0.25) is 4.79 Å². The van der Waals surface area contributed by atoms with E-state index in [-0.39, 0.29) is 18.4 Å². The largest absolute Gasteiger partial charge is 0.451 e. The summed E-state index contributed by atoms with van der Waals surface area (Å²) in [7, 11) is 0. The number of furan rings is 1. The first kappa shape index (κ1) is 15.1. The maximum Gasteiger partial charge on any atom is 0.287 e. The van der Waals surface area contributed by atoms with E-state index in [1.54, 1.807) is 6.07 Å². The number of carbonyl (C=O) groups is 1. The Morgan fingerprint density at radius 3 is 2.90 bits per heavy atom. The molecule has 0 unspecified atom stereocenters. The molecular formula is C15H18BrNO3. The van der Waals surface area contributed by atoms with Crippen molar-refractivity contribution in [3.8, 4) is 0 Å². The van der Waals surface area contributed by atoms with E-state index >= 15 is 0 Å². The topological polar surface area (TPSA) is 62.5 Å². The van der Waals surface area contributed by atoms with Gasteiger partial charge in [-0.25, -0.2) is 0 Å². The minimum Gasteiger partial charge on any atom is -0.451 e. The van der Waals surface area contributed by atoms with E-state index in [0.717, 1.165) is 21.0 Å². The molecular weight excluding hydrogens is 322 g/mol. The Hall–Kier alpha value is -1.33. The van der Waals surface area contributed by atoms with Gasteiger partial charge in [0, 0.05) is 23.0 Å². The average molecular weight is 340 g/mol. The SMILES string of the molecule is Cc1cc(Br)cc2cc(C(=O)NC[C@H](C)CCO)oc12. The number of hydrogen-bond acceptors (Lipinski definition) is 3. The average Bonchev–Trinajstić information content (AvgIpc) is 2.80. The molecule has 2 aromatic rings. The van der Waals surface area contributed by atoms with Crippen molar-refractivity contribution >= 4 is 32.8 Å². The summed E-state index contributed by atoms with van der Waals surface area (Å²) in [6.07, 6.45) is 0.673. The highest BCUT2D eigenvalue weighted by molar-refractivity contribution is 9.10. The van der Waals surface area contributed by atoms with Crippen LogP contribution in [-0.2, 0) is 0 Å². The number of benzene rings is 1. The van der Waals surface area contributed by atoms with Gasteiger partial charge in [0.25, 0.3) is 5.91 Å². The molecule has 0 aliphatic rings. The van der Waals surface area contributed by atoms with Crippen LogP contribution in [0.4, 0.5) is 0 Å². The third-order valence-electron chi connectivity index (χ3n) is 3.22. The highest BCUT2D eigenvalue weighted by atomic mass is 79.9. The predicted octanol–water partition coefficient (Wildman–Crippen LogP) is 3.25. The fourth-order valence-corrected chi connectivity index (χ4v) is 2.66. The van der Waals surface area contributed by atoms with Crippen molar-refractivity contribution in [2.75, 3.05) is 13.2 Å². The molecule has 0 bridgehead atoms. The molecule has 108 valence electrons. The summed E-state index contributed by atoms with van der Waals surface area (Å²) in [6.45, 7) is 4.59. The maximum atomic E-state index is 12.0. The van der Waals surface area contributed by atoms with Crippen molar-refractivity contribution in [3.05, 3.63) is 34.0 Å². The van der Waals surface area contributed by atoms with Gasteiger partial charge >= 0.3 is 0 Å². The smallest absolute Gasteiger partial charge is 0.287 e. The third-order valence-corrected chi connectivity index (χ3v) is 3.68. The molecule has 0 saturated heterocycles. The molecule has 0 aliphatic heterocycles. The Balaban J connectivity index is 2.13. The normalized spacial score (nSPS) is 12.6. The van der Waals surface area contributed by atoms with Crippen LogP contribution in [0, 0.1) is 12.8 Å². The quantitative estimate of drug-likeness (QED) is 0.878. The Morgan fingerprint density at radius 1 is 1.45 bits per heavy atom. The second kappa shape index (κ2) is 6.41. The van der Waals surface area contributed by atoms with E-state index < -0.39 is 0 Å². The zero-order valence-corrected chi connectivity index (χ0v) is 13.2. The molecule has 1 aromatic carbocycles. The monoisotopic (exact) mass is 339 g/mol. The molecule has 4 nitrogen and oxygen atoms in total. The number of aliphatic hydroxyl groups excluding tert-OH is 1. The molecule has 0 spiro atoms. The highest BCUT2D eigenvalue weighted by Gasteiger charge is 2.14. The van der Waals surface area contributed by atoms with Crippen LogP contribution >= 0.6 is 15.9 Å². The number of hydrogen-bond donors (Lipinski definition) is 2. The lowest BCUT2D eigenvalue weighted by Gasteiger charge is -2.09. The van der Waals surface area contributed by atoms with Crippen molar-refractivity contribution in [1.29, 1.82) is 0 Å². The number of halogens is 1. The van der Waals surface area contributed by atoms with Gasteiger partial charge in [-0.1, -0.05) is 22.9 Å². The minimum atomic E-state index is -0.221. The molecule has 5 heteroatoms. The van der Waals surface area contributed by atoms with Crippen molar-refractivity contribution in [3.63, 3.8) is 0 Å². The Bertz CT molecular complexity index is 621. The van der Waals surface area contributed by atoms with E-state index in [9.17, 15) is 4.79 Å². The van der Waals surface area contributed by atoms with E-state index in [2.05, 4.69) is 21.2 Å². The second-order valence-electron chi connectivity index (χ2n) is 5.08. The number of aliphatic hydroxyl groups is 1. The summed E-state index contributed by atoms with van der Waals surface area (Å²) in [5.74, 6) is 0.336. The Morgan fingerprint density at radius 2 is 2.20 bits per heavy atom. The molecule has 1 heterocycles. The molecule has 1 amide bonds. The highest BCUT2D eigenvalue weighted by Crippen LogP contribution is 2.26. The van der Waals surface area contributed by atoms with Gasteiger partial charge in [-0.05, 0) is 43.0 Å². The first-order valence-electron chi connectivity index (χ1n) is 6.60. The van der Waals surface area contributed by atoms with Gasteiger partial charge in [0.15, 0.2) is 5.76 Å². The molecule has 0 saturated carbocycles. The number of amides is 1. The summed E-state index contributed by atoms with van der Waals surface area (Å²) in [4.78, 5) is 12.0. The van der Waals surface area contributed by atoms with Gasteiger partial charge in [0.2, 0.25) is 0 Å². The van der Waals surface area contributed by atoms with Gasteiger partial charge in [0.1, 0.15) is 5.58 Å². The van der Waals surface area contributed by atoms with Gasteiger partial charge in [-0.15, -0.1) is 0 Å². The van der Waals surface area contributed by atoms with E-state index in [1.165, 1.54) is 0 Å². The van der Waals surface area contributed by atoms with Crippen LogP contribution in [0.3, 0.4) is 0 Å². The van der Waals surface area contributed by atoms with Crippen LogP contribution in [0.15, 0.2) is 27.1 Å². The number of nitrogens with one attached hydrogen (secondary N) is 1. The van der Waals surface area contributed by atoms with Crippen molar-refractivity contribution in [1.82, 2.24) is 5.32 Å². The van der Waals surface area contributed by atoms with Gasteiger partial charge < -0.3 is 14.8 Å². The van der Waals surface area contributed by atoms with Crippen molar-refractivity contribution < 1.29 is 14.3 Å². The number of carbonyl (C=O) groups excluding carboxylic acids is 1. The molecule has 1 atom stereocenters. The molecule has 0 aliphatic carbocycles. The lowest BCUT2D eigenvalue weighted by Crippen LogP contribution is -2.28. The van der Waals surface area contributed by atoms with E-state index in [1.807, 2.05) is 26.0 Å². The minimum absolute atomic E-state index is 0.134. The lowest BCUT2D eigenvalue weighted by atomic mass is 10.1. The molecule has 2 rings (SSSR count). The summed E-state index contributed by atoms with van der Waals surface area (Å²) in [5, 5.41) is 12.6. The third kappa shape index (κ3) is 3.41. The van der Waals surface area contributed by atoms with E-state index in [4.69, 9.17) is 9.52 Å². The van der Waals surface area contributed by atoms with Crippen LogP contribution in [-0.4, -0.2) is 24.2 Å². The first-order valence-corrected chi connectivity index (χ1v) is 7.39. The van der Waals surface area contributed by atoms with Crippen molar-refractivity contribution in [2.45, 2.75) is 20.3 Å². The van der Waals surface area contributed by atoms with Crippen LogP contribution in [0.25, 0.3) is 11.0 Å². The molecule has 0 fully saturated rings. The zero-order valence-electron chi connectivity index (χ0n) is 11.6. The van der Waals surface area contributed by atoms with Crippen LogP contribution < -0.4 is 5.32 Å². The molecule has 1 aromatic heterocycles. The number of aryl methyl sites for hydroxylation is 1. The van der Waals surface area contributed by atoms with Gasteiger partial charge in [0.05, 0.1) is 0 Å². The fraction of sp³-hybridized carbons (Fsp3) is 0.400. The van der Waals surface area contributed by atoms with Crippen LogP contribution in [0.1, 0.15) is 29.5 Å². The molecule has 20 heavy (non-hydrogen) atoms. The number of rotatable bonds is 5. The summed E-state index contributed by atoms with van der Waals surface area (Å²) >= 11 is 3.43.